The van der Waals surface area contributed by atoms with E-state index in [1.165, 1.54) is 0 Å². The molecule has 1 aromatic heterocycles. The van der Waals surface area contributed by atoms with Gasteiger partial charge in [0.05, 0.1) is 0 Å². The molecule has 0 bridgehead atoms. The molecule has 0 saturated heterocycles. The van der Waals surface area contributed by atoms with Gasteiger partial charge in [0.25, 0.3) is 0 Å². The number of pyridine rings is 1. The molecule has 1 aromatic carbocycles. The quantitative estimate of drug-likeness (QED) is 0.861. The van der Waals surface area contributed by atoms with Gasteiger partial charge in [-0.1, -0.05) is 44.5 Å². The Morgan fingerprint density at radius 2 is 1.72 bits per heavy atom. The highest BCUT2D eigenvalue weighted by Crippen LogP contribution is 2.23. The minimum Gasteiger partial charge on any atom is -0.383 e. The molecule has 2 N–H and O–H groups in total. The number of nitrogens with zero attached hydrogens (tertiary/aromatic N) is 1. The number of nitrogens with two attached hydrogens (primary N) is 1. The highest BCUT2D eigenvalue weighted by molar-refractivity contribution is 6.30. The molecule has 0 atom stereocenters. The molecular formula is C15H19ClN2. The summed E-state index contributed by atoms with van der Waals surface area (Å²) in [6, 6.07) is 9.78. The van der Waals surface area contributed by atoms with Crippen molar-refractivity contribution in [2.75, 3.05) is 5.73 Å². The lowest BCUT2D eigenvalue weighted by Gasteiger charge is -2.06. The zero-order valence-corrected chi connectivity index (χ0v) is 11.8. The Bertz CT molecular complexity index is 492. The number of rotatable bonds is 2. The Morgan fingerprint density at radius 3 is 2.28 bits per heavy atom. The molecule has 0 aliphatic heterocycles. The van der Waals surface area contributed by atoms with Gasteiger partial charge in [-0.25, -0.2) is 4.98 Å². The molecule has 0 unspecified atom stereocenters. The second kappa shape index (κ2) is 7.02. The van der Waals surface area contributed by atoms with Crippen LogP contribution in [0.5, 0.6) is 0 Å². The van der Waals surface area contributed by atoms with Crippen molar-refractivity contribution < 1.29 is 0 Å². The molecular weight excluding hydrogens is 244 g/mol. The summed E-state index contributed by atoms with van der Waals surface area (Å²) in [6.45, 7) is 6.07. The van der Waals surface area contributed by atoms with E-state index < -0.39 is 0 Å². The van der Waals surface area contributed by atoms with E-state index in [0.717, 1.165) is 28.1 Å². The Kier molecular flexibility index (Phi) is 5.66. The van der Waals surface area contributed by atoms with Crippen LogP contribution in [0.4, 0.5) is 5.82 Å². The molecule has 0 spiro atoms. The maximum atomic E-state index is 5.85. The van der Waals surface area contributed by atoms with E-state index in [4.69, 9.17) is 17.3 Å². The Hall–Kier alpha value is -1.54. The number of benzene rings is 1. The van der Waals surface area contributed by atoms with E-state index >= 15 is 0 Å². The van der Waals surface area contributed by atoms with Gasteiger partial charge in [-0.3, -0.25) is 0 Å². The number of anilines is 1. The lowest BCUT2D eigenvalue weighted by Crippen LogP contribution is -1.96. The third-order valence-electron chi connectivity index (χ3n) is 2.56. The highest BCUT2D eigenvalue weighted by atomic mass is 35.5. The number of hydrogen-bond donors (Lipinski definition) is 1. The summed E-state index contributed by atoms with van der Waals surface area (Å²) in [6.07, 6.45) is 2.68. The van der Waals surface area contributed by atoms with Crippen LogP contribution in [0.25, 0.3) is 11.1 Å². The van der Waals surface area contributed by atoms with Crippen molar-refractivity contribution >= 4 is 17.4 Å². The molecule has 0 radical (unpaired) electrons. The summed E-state index contributed by atoms with van der Waals surface area (Å²) in [5, 5.41) is 0.739. The van der Waals surface area contributed by atoms with Gasteiger partial charge in [-0.05, 0) is 35.7 Å². The van der Waals surface area contributed by atoms with E-state index in [9.17, 15) is 0 Å². The van der Waals surface area contributed by atoms with Crippen LogP contribution < -0.4 is 5.73 Å². The minimum absolute atomic E-state index is 0.611. The zero-order chi connectivity index (χ0) is 13.5. The van der Waals surface area contributed by atoms with Crippen molar-refractivity contribution in [3.8, 4) is 11.1 Å². The van der Waals surface area contributed by atoms with Gasteiger partial charge in [0.2, 0.25) is 0 Å². The monoisotopic (exact) mass is 262 g/mol. The van der Waals surface area contributed by atoms with Gasteiger partial charge in [0.15, 0.2) is 0 Å². The van der Waals surface area contributed by atoms with Crippen molar-refractivity contribution in [3.05, 3.63) is 47.1 Å². The fourth-order valence-electron chi connectivity index (χ4n) is 1.60. The molecule has 96 valence electrons. The molecule has 2 nitrogen and oxygen atoms in total. The molecule has 1 heterocycles. The lowest BCUT2D eigenvalue weighted by molar-refractivity contribution is 1.11. The van der Waals surface area contributed by atoms with E-state index in [1.807, 2.05) is 38.1 Å². The van der Waals surface area contributed by atoms with Crippen molar-refractivity contribution in [1.82, 2.24) is 4.98 Å². The summed E-state index contributed by atoms with van der Waals surface area (Å²) < 4.78 is 0. The molecule has 0 amide bonds. The van der Waals surface area contributed by atoms with Crippen LogP contribution >= 0.6 is 11.6 Å². The van der Waals surface area contributed by atoms with Gasteiger partial charge < -0.3 is 5.73 Å². The smallest absolute Gasteiger partial charge is 0.126 e. The highest BCUT2D eigenvalue weighted by Gasteiger charge is 2.02. The van der Waals surface area contributed by atoms with Crippen LogP contribution in [0.15, 0.2) is 36.5 Å². The summed E-state index contributed by atoms with van der Waals surface area (Å²) in [5.41, 5.74) is 9.02. The molecule has 0 aliphatic carbocycles. The Balaban J connectivity index is 0.000000771. The van der Waals surface area contributed by atoms with Crippen LogP contribution in [0.1, 0.15) is 26.3 Å². The first-order chi connectivity index (χ1) is 8.70. The second-order valence-electron chi connectivity index (χ2n) is 3.63. The SMILES string of the molecule is CC.CCc1cc(-c2ccc(Cl)cc2)cnc1N. The normalized spacial score (nSPS) is 9.56. The Morgan fingerprint density at radius 1 is 1.11 bits per heavy atom. The molecule has 3 heteroatoms. The minimum atomic E-state index is 0.611. The molecule has 0 aliphatic rings. The van der Waals surface area contributed by atoms with Crippen molar-refractivity contribution in [1.29, 1.82) is 0 Å². The van der Waals surface area contributed by atoms with Crippen molar-refractivity contribution in [2.45, 2.75) is 27.2 Å². The van der Waals surface area contributed by atoms with Crippen LogP contribution in [0.2, 0.25) is 5.02 Å². The van der Waals surface area contributed by atoms with Crippen LogP contribution in [0.3, 0.4) is 0 Å². The largest absolute Gasteiger partial charge is 0.383 e. The van der Waals surface area contributed by atoms with Crippen LogP contribution in [-0.2, 0) is 6.42 Å². The van der Waals surface area contributed by atoms with E-state index in [1.54, 1.807) is 6.20 Å². The van der Waals surface area contributed by atoms with Crippen LogP contribution in [-0.4, -0.2) is 4.98 Å². The number of hydrogen-bond acceptors (Lipinski definition) is 2. The second-order valence-corrected chi connectivity index (χ2v) is 4.07. The van der Waals surface area contributed by atoms with Gasteiger partial charge in [-0.15, -0.1) is 0 Å². The van der Waals surface area contributed by atoms with E-state index in [-0.39, 0.29) is 0 Å². The molecule has 18 heavy (non-hydrogen) atoms. The molecule has 0 fully saturated rings. The molecule has 2 rings (SSSR count). The van der Waals surface area contributed by atoms with Crippen molar-refractivity contribution in [2.24, 2.45) is 0 Å². The van der Waals surface area contributed by atoms with E-state index in [2.05, 4.69) is 18.0 Å². The maximum Gasteiger partial charge on any atom is 0.126 e. The van der Waals surface area contributed by atoms with Gasteiger partial charge in [0.1, 0.15) is 5.82 Å². The number of aromatic nitrogens is 1. The first-order valence-corrected chi connectivity index (χ1v) is 6.59. The van der Waals surface area contributed by atoms with Crippen LogP contribution in [0, 0.1) is 0 Å². The first-order valence-electron chi connectivity index (χ1n) is 6.21. The summed E-state index contributed by atoms with van der Waals surface area (Å²) >= 11 is 5.85. The average molecular weight is 263 g/mol. The lowest BCUT2D eigenvalue weighted by atomic mass is 10.0. The third kappa shape index (κ3) is 3.47. The third-order valence-corrected chi connectivity index (χ3v) is 2.81. The van der Waals surface area contributed by atoms with Crippen molar-refractivity contribution in [3.63, 3.8) is 0 Å². The Labute approximate surface area is 114 Å². The number of aryl methyl sites for hydroxylation is 1. The fraction of sp³-hybridized carbons (Fsp3) is 0.267. The molecule has 2 aromatic rings. The van der Waals surface area contributed by atoms with Gasteiger partial charge in [0, 0.05) is 16.8 Å². The number of nitrogen functional groups attached to an aromatic ring is 1. The number of halogens is 1. The predicted molar refractivity (Wildman–Crippen MR) is 79.8 cm³/mol. The van der Waals surface area contributed by atoms with Gasteiger partial charge >= 0.3 is 0 Å². The standard InChI is InChI=1S/C13H13ClN2.C2H6/c1-2-9-7-11(8-16-13(9)15)10-3-5-12(14)6-4-10;1-2/h3-8H,2H2,1H3,(H2,15,16);1-2H3. The van der Waals surface area contributed by atoms with E-state index in [0.29, 0.717) is 5.82 Å². The summed E-state index contributed by atoms with van der Waals surface area (Å²) in [4.78, 5) is 4.19. The summed E-state index contributed by atoms with van der Waals surface area (Å²) in [5.74, 6) is 0.611. The topological polar surface area (TPSA) is 38.9 Å². The molecule has 0 saturated carbocycles. The fourth-order valence-corrected chi connectivity index (χ4v) is 1.73. The summed E-state index contributed by atoms with van der Waals surface area (Å²) in [7, 11) is 0. The van der Waals surface area contributed by atoms with Gasteiger partial charge in [-0.2, -0.15) is 0 Å². The average Bonchev–Trinajstić information content (AvgIpc) is 2.43. The maximum absolute atomic E-state index is 5.85. The first kappa shape index (κ1) is 14.5. The zero-order valence-electron chi connectivity index (χ0n) is 11.1. The predicted octanol–water partition coefficient (Wildman–Crippen LogP) is 4.57.